The van der Waals surface area contributed by atoms with Gasteiger partial charge in [0.1, 0.15) is 0 Å². The summed E-state index contributed by atoms with van der Waals surface area (Å²) in [6.45, 7) is 4.09. The van der Waals surface area contributed by atoms with Gasteiger partial charge >= 0.3 is 0 Å². The lowest BCUT2D eigenvalue weighted by Gasteiger charge is -2.29. The Hall–Kier alpha value is -3.54. The number of hydrogen-bond acceptors (Lipinski definition) is 4. The first kappa shape index (κ1) is 19.8. The molecule has 0 bridgehead atoms. The lowest BCUT2D eigenvalue weighted by molar-refractivity contribution is -0.119. The second-order valence-corrected chi connectivity index (χ2v) is 7.64. The molecule has 4 rings (SSSR count). The average molecular weight is 401 g/mol. The minimum atomic E-state index is -0.301. The first-order valence-electron chi connectivity index (χ1n) is 10.1. The average Bonchev–Trinajstić information content (AvgIpc) is 2.75. The number of hydrogen-bond donors (Lipinski definition) is 0. The molecule has 2 aromatic carbocycles. The standard InChI is InChI=1S/C24H23N3O3/c1-16(2)27(18-9-5-13-25-15-18)21(28)12-6-14-26-23(29)19-10-3-7-17-8-4-11-20(22(17)19)24(26)30/h3-5,7-11,13,15-16H,6,12,14H2,1-2H3. The van der Waals surface area contributed by atoms with Gasteiger partial charge in [-0.2, -0.15) is 0 Å². The summed E-state index contributed by atoms with van der Waals surface area (Å²) in [6, 6.07) is 14.6. The third-order valence-electron chi connectivity index (χ3n) is 5.34. The van der Waals surface area contributed by atoms with Crippen molar-refractivity contribution in [1.82, 2.24) is 9.88 Å². The number of nitrogens with zero attached hydrogens (tertiary/aromatic N) is 3. The number of aromatic nitrogens is 1. The van der Waals surface area contributed by atoms with Gasteiger partial charge in [0.25, 0.3) is 11.8 Å². The molecule has 0 spiro atoms. The van der Waals surface area contributed by atoms with Crippen molar-refractivity contribution in [1.29, 1.82) is 0 Å². The van der Waals surface area contributed by atoms with Crippen molar-refractivity contribution in [3.05, 3.63) is 72.1 Å². The highest BCUT2D eigenvalue weighted by atomic mass is 16.2. The van der Waals surface area contributed by atoms with Gasteiger partial charge in [-0.3, -0.25) is 24.3 Å². The van der Waals surface area contributed by atoms with E-state index in [1.807, 2.05) is 44.2 Å². The van der Waals surface area contributed by atoms with E-state index in [4.69, 9.17) is 0 Å². The fraction of sp³-hybridized carbons (Fsp3) is 0.250. The maximum atomic E-state index is 13.0. The molecular formula is C24H23N3O3. The van der Waals surface area contributed by atoms with E-state index in [2.05, 4.69) is 4.98 Å². The number of pyridine rings is 1. The summed E-state index contributed by atoms with van der Waals surface area (Å²) in [4.78, 5) is 45.8. The molecular weight excluding hydrogens is 378 g/mol. The molecule has 3 aromatic rings. The lowest BCUT2D eigenvalue weighted by atomic mass is 9.94. The van der Waals surface area contributed by atoms with Crippen LogP contribution >= 0.6 is 0 Å². The largest absolute Gasteiger partial charge is 0.308 e. The number of carbonyl (C=O) groups excluding carboxylic acids is 3. The first-order valence-corrected chi connectivity index (χ1v) is 10.1. The smallest absolute Gasteiger partial charge is 0.261 e. The van der Waals surface area contributed by atoms with Gasteiger partial charge in [0, 0.05) is 41.7 Å². The van der Waals surface area contributed by atoms with Crippen LogP contribution in [0.5, 0.6) is 0 Å². The zero-order valence-electron chi connectivity index (χ0n) is 17.0. The SMILES string of the molecule is CC(C)N(C(=O)CCCN1C(=O)c2cccc3cccc(c23)C1=O)c1cccnc1. The Morgan fingerprint density at radius 3 is 2.23 bits per heavy atom. The zero-order chi connectivity index (χ0) is 21.3. The Labute approximate surface area is 175 Å². The van der Waals surface area contributed by atoms with Crippen LogP contribution in [0.3, 0.4) is 0 Å². The third-order valence-corrected chi connectivity index (χ3v) is 5.34. The summed E-state index contributed by atoms with van der Waals surface area (Å²) < 4.78 is 0. The van der Waals surface area contributed by atoms with Gasteiger partial charge in [0.2, 0.25) is 5.91 Å². The molecule has 0 N–H and O–H groups in total. The van der Waals surface area contributed by atoms with Gasteiger partial charge in [0.15, 0.2) is 0 Å². The van der Waals surface area contributed by atoms with E-state index in [1.165, 1.54) is 4.90 Å². The maximum absolute atomic E-state index is 13.0. The summed E-state index contributed by atoms with van der Waals surface area (Å²) in [7, 11) is 0. The molecule has 0 fully saturated rings. The monoisotopic (exact) mass is 401 g/mol. The van der Waals surface area contributed by atoms with Crippen molar-refractivity contribution in [2.75, 3.05) is 11.4 Å². The Bertz CT molecular complexity index is 1070. The molecule has 152 valence electrons. The molecule has 2 heterocycles. The van der Waals surface area contributed by atoms with Crippen LogP contribution in [0.4, 0.5) is 5.69 Å². The van der Waals surface area contributed by atoms with E-state index >= 15 is 0 Å². The second-order valence-electron chi connectivity index (χ2n) is 7.64. The number of imide groups is 1. The molecule has 0 saturated heterocycles. The van der Waals surface area contributed by atoms with Crippen molar-refractivity contribution in [3.63, 3.8) is 0 Å². The molecule has 1 aliphatic rings. The number of carbonyl (C=O) groups is 3. The van der Waals surface area contributed by atoms with Gasteiger partial charge in [-0.25, -0.2) is 0 Å². The van der Waals surface area contributed by atoms with Crippen molar-refractivity contribution in [2.24, 2.45) is 0 Å². The number of anilines is 1. The minimum absolute atomic E-state index is 0.0237. The lowest BCUT2D eigenvalue weighted by Crippen LogP contribution is -2.42. The Balaban J connectivity index is 1.49. The molecule has 0 atom stereocenters. The molecule has 0 radical (unpaired) electrons. The highest BCUT2D eigenvalue weighted by molar-refractivity contribution is 6.25. The van der Waals surface area contributed by atoms with Gasteiger partial charge < -0.3 is 4.90 Å². The predicted molar refractivity (Wildman–Crippen MR) is 115 cm³/mol. The molecule has 30 heavy (non-hydrogen) atoms. The third kappa shape index (κ3) is 3.45. The van der Waals surface area contributed by atoms with Crippen LogP contribution < -0.4 is 4.90 Å². The molecule has 0 unspecified atom stereocenters. The van der Waals surface area contributed by atoms with E-state index in [1.54, 1.807) is 35.5 Å². The number of rotatable bonds is 6. The molecule has 3 amide bonds. The first-order chi connectivity index (χ1) is 14.5. The van der Waals surface area contributed by atoms with Crippen LogP contribution in [0.15, 0.2) is 60.9 Å². The highest BCUT2D eigenvalue weighted by Crippen LogP contribution is 2.30. The van der Waals surface area contributed by atoms with Crippen LogP contribution in [-0.4, -0.2) is 40.2 Å². The predicted octanol–water partition coefficient (Wildman–Crippen LogP) is 4.05. The topological polar surface area (TPSA) is 70.6 Å². The molecule has 0 saturated carbocycles. The normalized spacial score (nSPS) is 13.2. The summed E-state index contributed by atoms with van der Waals surface area (Å²) in [6.07, 6.45) is 3.96. The second kappa shape index (κ2) is 8.06. The molecule has 6 nitrogen and oxygen atoms in total. The fourth-order valence-electron chi connectivity index (χ4n) is 4.02. The van der Waals surface area contributed by atoms with E-state index in [-0.39, 0.29) is 36.7 Å². The van der Waals surface area contributed by atoms with Crippen molar-refractivity contribution in [2.45, 2.75) is 32.7 Å². The zero-order valence-corrected chi connectivity index (χ0v) is 17.0. The Morgan fingerprint density at radius 1 is 1.00 bits per heavy atom. The number of amides is 3. The van der Waals surface area contributed by atoms with Gasteiger partial charge in [-0.1, -0.05) is 24.3 Å². The maximum Gasteiger partial charge on any atom is 0.261 e. The van der Waals surface area contributed by atoms with Gasteiger partial charge in [-0.05, 0) is 49.9 Å². The van der Waals surface area contributed by atoms with E-state index in [9.17, 15) is 14.4 Å². The van der Waals surface area contributed by atoms with Crippen LogP contribution in [-0.2, 0) is 4.79 Å². The fourth-order valence-corrected chi connectivity index (χ4v) is 4.02. The minimum Gasteiger partial charge on any atom is -0.308 e. The summed E-state index contributed by atoms with van der Waals surface area (Å²) >= 11 is 0. The Morgan fingerprint density at radius 2 is 1.67 bits per heavy atom. The van der Waals surface area contributed by atoms with Crippen LogP contribution in [0.25, 0.3) is 10.8 Å². The van der Waals surface area contributed by atoms with E-state index in [0.29, 0.717) is 22.9 Å². The van der Waals surface area contributed by atoms with Crippen molar-refractivity contribution in [3.8, 4) is 0 Å². The molecule has 6 heteroatoms. The van der Waals surface area contributed by atoms with E-state index < -0.39 is 0 Å². The van der Waals surface area contributed by atoms with Crippen LogP contribution in [0.2, 0.25) is 0 Å². The number of benzene rings is 2. The van der Waals surface area contributed by atoms with Crippen LogP contribution in [0.1, 0.15) is 47.4 Å². The van der Waals surface area contributed by atoms with Crippen molar-refractivity contribution < 1.29 is 14.4 Å². The summed E-state index contributed by atoms with van der Waals surface area (Å²) in [5.74, 6) is -0.660. The Kier molecular flexibility index (Phi) is 5.31. The molecule has 0 aliphatic carbocycles. The summed E-state index contributed by atoms with van der Waals surface area (Å²) in [5.41, 5.74) is 1.81. The quantitative estimate of drug-likeness (QED) is 0.584. The summed E-state index contributed by atoms with van der Waals surface area (Å²) in [5, 5.41) is 1.59. The van der Waals surface area contributed by atoms with E-state index in [0.717, 1.165) is 11.1 Å². The van der Waals surface area contributed by atoms with Gasteiger partial charge in [0.05, 0.1) is 11.9 Å². The van der Waals surface area contributed by atoms with Crippen molar-refractivity contribution >= 4 is 34.2 Å². The highest BCUT2D eigenvalue weighted by Gasteiger charge is 2.32. The van der Waals surface area contributed by atoms with Crippen LogP contribution in [0, 0.1) is 0 Å². The molecule has 1 aliphatic heterocycles. The molecule has 1 aromatic heterocycles. The van der Waals surface area contributed by atoms with Gasteiger partial charge in [-0.15, -0.1) is 0 Å².